The Hall–Kier alpha value is -2.99. The van der Waals surface area contributed by atoms with E-state index in [1.165, 1.54) is 0 Å². The molecular formula is C29H35BrN2O3. The van der Waals surface area contributed by atoms with E-state index in [2.05, 4.69) is 5.32 Å². The van der Waals surface area contributed by atoms with Crippen LogP contribution in [0.1, 0.15) is 78.9 Å². The highest BCUT2D eigenvalue weighted by molar-refractivity contribution is 5.96. The largest absolute Gasteiger partial charge is 1.00 e. The Bertz CT molecular complexity index is 1140. The molecule has 0 spiro atoms. The molecule has 0 saturated heterocycles. The molecule has 5 nitrogen and oxygen atoms in total. The molecule has 1 heterocycles. The van der Waals surface area contributed by atoms with Crippen molar-refractivity contribution in [2.75, 3.05) is 0 Å². The Kier molecular flexibility index (Phi) is 9.01. The van der Waals surface area contributed by atoms with Gasteiger partial charge < -0.3 is 27.4 Å². The second-order valence-electron chi connectivity index (χ2n) is 10.8. The van der Waals surface area contributed by atoms with Crippen molar-refractivity contribution in [2.24, 2.45) is 0 Å². The van der Waals surface area contributed by atoms with E-state index >= 15 is 0 Å². The first-order chi connectivity index (χ1) is 15.9. The third-order valence-corrected chi connectivity index (χ3v) is 5.82. The molecule has 0 bridgehead atoms. The molecule has 0 fully saturated rings. The fourth-order valence-corrected chi connectivity index (χ4v) is 3.79. The lowest BCUT2D eigenvalue weighted by Gasteiger charge is -2.27. The first kappa shape index (κ1) is 28.2. The fourth-order valence-electron chi connectivity index (χ4n) is 3.79. The van der Waals surface area contributed by atoms with Gasteiger partial charge in [-0.05, 0) is 28.5 Å². The number of hydrogen-bond donors (Lipinski definition) is 2. The summed E-state index contributed by atoms with van der Waals surface area (Å²) in [5.41, 5.74) is 3.06. The predicted molar refractivity (Wildman–Crippen MR) is 134 cm³/mol. The van der Waals surface area contributed by atoms with Gasteiger partial charge in [0.1, 0.15) is 5.75 Å². The standard InChI is InChI=1S/C29H34N2O3.BrH/c1-28(2,3)23-16-22(17-24(26(23)33)29(4,5)6)25(32)19-31-14-12-21(13-15-31)27(34)30-18-20-10-8-7-9-11-20;/h7-17H,18-19H2,1-6H3,(H-,30,32,33,34);1H. The Balaban J connectivity index is 0.00000432. The summed E-state index contributed by atoms with van der Waals surface area (Å²) < 4.78 is 1.76. The molecule has 6 heteroatoms. The molecule has 2 aromatic carbocycles. The quantitative estimate of drug-likeness (QED) is 0.373. The lowest BCUT2D eigenvalue weighted by Crippen LogP contribution is -3.00. The lowest BCUT2D eigenvalue weighted by atomic mass is 9.78. The Morgan fingerprint density at radius 3 is 1.83 bits per heavy atom. The van der Waals surface area contributed by atoms with Crippen LogP contribution >= 0.6 is 0 Å². The average Bonchev–Trinajstić information content (AvgIpc) is 2.77. The molecule has 3 rings (SSSR count). The third kappa shape index (κ3) is 7.25. The van der Waals surface area contributed by atoms with E-state index in [0.29, 0.717) is 17.7 Å². The van der Waals surface area contributed by atoms with E-state index in [9.17, 15) is 14.7 Å². The van der Waals surface area contributed by atoms with Gasteiger partial charge in [0.15, 0.2) is 12.4 Å². The van der Waals surface area contributed by atoms with Gasteiger partial charge in [0, 0.05) is 35.4 Å². The number of pyridine rings is 1. The predicted octanol–water partition coefficient (Wildman–Crippen LogP) is 2.09. The van der Waals surface area contributed by atoms with Crippen LogP contribution in [0.25, 0.3) is 0 Å². The minimum Gasteiger partial charge on any atom is -1.00 e. The number of rotatable bonds is 6. The number of aromatic nitrogens is 1. The van der Waals surface area contributed by atoms with Crippen LogP contribution in [0.15, 0.2) is 67.0 Å². The minimum atomic E-state index is -0.303. The Labute approximate surface area is 219 Å². The van der Waals surface area contributed by atoms with Gasteiger partial charge in [0.2, 0.25) is 12.3 Å². The molecule has 0 aliphatic rings. The van der Waals surface area contributed by atoms with Crippen LogP contribution < -0.4 is 26.9 Å². The number of benzene rings is 2. The van der Waals surface area contributed by atoms with Gasteiger partial charge in [-0.1, -0.05) is 71.9 Å². The average molecular weight is 540 g/mol. The first-order valence-electron chi connectivity index (χ1n) is 11.6. The van der Waals surface area contributed by atoms with Gasteiger partial charge in [0.25, 0.3) is 5.91 Å². The molecule has 0 radical (unpaired) electrons. The summed E-state index contributed by atoms with van der Waals surface area (Å²) in [6.45, 7) is 12.8. The molecule has 186 valence electrons. The molecule has 0 atom stereocenters. The molecule has 0 unspecified atom stereocenters. The van der Waals surface area contributed by atoms with Crippen LogP contribution in [0, 0.1) is 0 Å². The van der Waals surface area contributed by atoms with Crippen LogP contribution in [-0.2, 0) is 23.9 Å². The normalized spacial score (nSPS) is 11.5. The monoisotopic (exact) mass is 538 g/mol. The van der Waals surface area contributed by atoms with E-state index in [4.69, 9.17) is 0 Å². The van der Waals surface area contributed by atoms with Crippen LogP contribution in [-0.4, -0.2) is 16.8 Å². The summed E-state index contributed by atoms with van der Waals surface area (Å²) in [4.78, 5) is 25.6. The topological polar surface area (TPSA) is 70.3 Å². The van der Waals surface area contributed by atoms with Crippen molar-refractivity contribution < 1.29 is 36.2 Å². The van der Waals surface area contributed by atoms with Crippen molar-refractivity contribution in [1.29, 1.82) is 0 Å². The number of Topliss-reactive ketones (excluding diaryl/α,β-unsaturated/α-hetero) is 1. The minimum absolute atomic E-state index is 0. The van der Waals surface area contributed by atoms with Gasteiger partial charge >= 0.3 is 0 Å². The number of halogens is 1. The van der Waals surface area contributed by atoms with Crippen molar-refractivity contribution in [1.82, 2.24) is 5.32 Å². The zero-order valence-electron chi connectivity index (χ0n) is 21.4. The fraction of sp³-hybridized carbons (Fsp3) is 0.345. The number of phenolic OH excluding ortho intramolecular Hbond substituents is 1. The highest BCUT2D eigenvalue weighted by Gasteiger charge is 2.28. The molecular weight excluding hydrogens is 504 g/mol. The van der Waals surface area contributed by atoms with Crippen LogP contribution in [0.3, 0.4) is 0 Å². The number of amides is 1. The summed E-state index contributed by atoms with van der Waals surface area (Å²) in [6.07, 6.45) is 3.48. The van der Waals surface area contributed by atoms with Crippen molar-refractivity contribution in [3.05, 3.63) is 94.8 Å². The maximum atomic E-state index is 13.2. The molecule has 2 N–H and O–H groups in total. The van der Waals surface area contributed by atoms with Crippen molar-refractivity contribution in [3.8, 4) is 5.75 Å². The molecule has 1 amide bonds. The SMILES string of the molecule is CC(C)(C)c1cc(C(=O)C[n+]2ccc(C(=O)NCc3ccccc3)cc2)cc(C(C)(C)C)c1O.[Br-]. The van der Waals surface area contributed by atoms with E-state index in [-0.39, 0.29) is 51.8 Å². The maximum absolute atomic E-state index is 13.2. The highest BCUT2D eigenvalue weighted by atomic mass is 79.9. The number of nitrogens with one attached hydrogen (secondary N) is 1. The summed E-state index contributed by atoms with van der Waals surface area (Å²) in [5, 5.41) is 13.8. The Morgan fingerprint density at radius 1 is 0.829 bits per heavy atom. The molecule has 0 aliphatic carbocycles. The van der Waals surface area contributed by atoms with E-state index in [0.717, 1.165) is 16.7 Å². The van der Waals surface area contributed by atoms with Gasteiger partial charge in [-0.15, -0.1) is 0 Å². The summed E-state index contributed by atoms with van der Waals surface area (Å²) in [7, 11) is 0. The summed E-state index contributed by atoms with van der Waals surface area (Å²) in [5.74, 6) is 0.0443. The number of hydrogen-bond acceptors (Lipinski definition) is 3. The smallest absolute Gasteiger partial charge is 0.252 e. The zero-order chi connectivity index (χ0) is 25.1. The van der Waals surface area contributed by atoms with Gasteiger partial charge in [-0.3, -0.25) is 9.59 Å². The number of aromatic hydroxyl groups is 1. The maximum Gasteiger partial charge on any atom is 0.252 e. The summed E-state index contributed by atoms with van der Waals surface area (Å²) in [6, 6.07) is 16.8. The number of phenols is 1. The second-order valence-corrected chi connectivity index (χ2v) is 10.8. The molecule has 0 aliphatic heterocycles. The number of nitrogens with zero attached hydrogens (tertiary/aromatic N) is 1. The first-order valence-corrected chi connectivity index (χ1v) is 11.6. The van der Waals surface area contributed by atoms with E-state index < -0.39 is 0 Å². The summed E-state index contributed by atoms with van der Waals surface area (Å²) >= 11 is 0. The Morgan fingerprint density at radius 2 is 1.34 bits per heavy atom. The van der Waals surface area contributed by atoms with Crippen LogP contribution in [0.4, 0.5) is 0 Å². The highest BCUT2D eigenvalue weighted by Crippen LogP contribution is 2.39. The van der Waals surface area contributed by atoms with E-state index in [1.54, 1.807) is 41.2 Å². The molecule has 3 aromatic rings. The van der Waals surface area contributed by atoms with Gasteiger partial charge in [-0.25, -0.2) is 0 Å². The number of carbonyl (C=O) groups excluding carboxylic acids is 2. The van der Waals surface area contributed by atoms with Crippen molar-refractivity contribution in [3.63, 3.8) is 0 Å². The van der Waals surface area contributed by atoms with Crippen molar-refractivity contribution in [2.45, 2.75) is 65.5 Å². The number of carbonyl (C=O) groups is 2. The third-order valence-electron chi connectivity index (χ3n) is 5.82. The van der Waals surface area contributed by atoms with Crippen molar-refractivity contribution >= 4 is 11.7 Å². The van der Waals surface area contributed by atoms with Crippen LogP contribution in [0.2, 0.25) is 0 Å². The zero-order valence-corrected chi connectivity index (χ0v) is 22.9. The van der Waals surface area contributed by atoms with Crippen LogP contribution in [0.5, 0.6) is 5.75 Å². The van der Waals surface area contributed by atoms with E-state index in [1.807, 2.05) is 71.9 Å². The van der Waals surface area contributed by atoms with Gasteiger partial charge in [0.05, 0.1) is 5.56 Å². The molecule has 0 saturated carbocycles. The van der Waals surface area contributed by atoms with Gasteiger partial charge in [-0.2, -0.15) is 4.57 Å². The second kappa shape index (κ2) is 11.2. The number of ketones is 1. The molecule has 35 heavy (non-hydrogen) atoms. The molecule has 1 aromatic heterocycles. The lowest BCUT2D eigenvalue weighted by molar-refractivity contribution is -0.683.